The van der Waals surface area contributed by atoms with Crippen LogP contribution in [0.15, 0.2) is 35.5 Å². The molecular weight excluding hydrogens is 268 g/mol. The van der Waals surface area contributed by atoms with Gasteiger partial charge in [0, 0.05) is 18.4 Å². The van der Waals surface area contributed by atoms with Crippen molar-refractivity contribution >= 4 is 11.6 Å². The van der Waals surface area contributed by atoms with Gasteiger partial charge in [0.05, 0.1) is 12.3 Å². The lowest BCUT2D eigenvalue weighted by Gasteiger charge is -2.22. The zero-order valence-corrected chi connectivity index (χ0v) is 12.1. The van der Waals surface area contributed by atoms with Crippen molar-refractivity contribution in [1.29, 1.82) is 0 Å². The van der Waals surface area contributed by atoms with Crippen LogP contribution < -0.4 is 5.32 Å². The van der Waals surface area contributed by atoms with Crippen molar-refractivity contribution in [3.8, 4) is 0 Å². The SMILES string of the molecule is CC1(C(=O)NCC2(CO)CC2)CC(c2ccccc2)=NO1. The molecule has 0 bridgehead atoms. The molecule has 1 aromatic rings. The van der Waals surface area contributed by atoms with Crippen LogP contribution >= 0.6 is 0 Å². The fourth-order valence-electron chi connectivity index (χ4n) is 2.47. The number of carbonyl (C=O) groups is 1. The highest BCUT2D eigenvalue weighted by molar-refractivity contribution is 6.05. The summed E-state index contributed by atoms with van der Waals surface area (Å²) in [6.45, 7) is 2.37. The Morgan fingerprint density at radius 1 is 1.38 bits per heavy atom. The zero-order chi connectivity index (χ0) is 14.9. The summed E-state index contributed by atoms with van der Waals surface area (Å²) in [5.74, 6) is -0.170. The Hall–Kier alpha value is -1.88. The van der Waals surface area contributed by atoms with Crippen LogP contribution in [-0.2, 0) is 9.63 Å². The van der Waals surface area contributed by atoms with Crippen molar-refractivity contribution < 1.29 is 14.7 Å². The Morgan fingerprint density at radius 2 is 2.10 bits per heavy atom. The summed E-state index contributed by atoms with van der Waals surface area (Å²) in [4.78, 5) is 17.7. The van der Waals surface area contributed by atoms with Gasteiger partial charge in [-0.25, -0.2) is 0 Å². The first-order valence-corrected chi connectivity index (χ1v) is 7.27. The molecule has 1 atom stereocenters. The fourth-order valence-corrected chi connectivity index (χ4v) is 2.47. The lowest BCUT2D eigenvalue weighted by Crippen LogP contribution is -2.46. The molecule has 0 saturated heterocycles. The van der Waals surface area contributed by atoms with E-state index in [4.69, 9.17) is 4.84 Å². The number of hydrogen-bond acceptors (Lipinski definition) is 4. The third-order valence-corrected chi connectivity index (χ3v) is 4.37. The maximum atomic E-state index is 12.3. The lowest BCUT2D eigenvalue weighted by molar-refractivity contribution is -0.142. The van der Waals surface area contributed by atoms with Crippen LogP contribution in [0.25, 0.3) is 0 Å². The maximum absolute atomic E-state index is 12.3. The molecule has 1 amide bonds. The van der Waals surface area contributed by atoms with Crippen molar-refractivity contribution in [2.45, 2.75) is 31.8 Å². The summed E-state index contributed by atoms with van der Waals surface area (Å²) in [6.07, 6.45) is 2.38. The quantitative estimate of drug-likeness (QED) is 0.861. The van der Waals surface area contributed by atoms with Gasteiger partial charge in [-0.1, -0.05) is 35.5 Å². The third kappa shape index (κ3) is 2.78. The van der Waals surface area contributed by atoms with E-state index in [1.165, 1.54) is 0 Å². The second-order valence-electron chi connectivity index (χ2n) is 6.24. The Labute approximate surface area is 124 Å². The molecule has 0 spiro atoms. The molecular formula is C16H20N2O3. The van der Waals surface area contributed by atoms with Gasteiger partial charge >= 0.3 is 0 Å². The molecule has 1 unspecified atom stereocenters. The Morgan fingerprint density at radius 3 is 2.71 bits per heavy atom. The van der Waals surface area contributed by atoms with Gasteiger partial charge in [-0.15, -0.1) is 0 Å². The number of nitrogens with one attached hydrogen (secondary N) is 1. The first kappa shape index (κ1) is 14.1. The average Bonchev–Trinajstić information content (AvgIpc) is 3.20. The van der Waals surface area contributed by atoms with E-state index in [1.807, 2.05) is 30.3 Å². The molecule has 1 aliphatic carbocycles. The van der Waals surface area contributed by atoms with Crippen LogP contribution in [0.5, 0.6) is 0 Å². The molecule has 5 nitrogen and oxygen atoms in total. The topological polar surface area (TPSA) is 70.9 Å². The molecule has 1 aromatic carbocycles. The van der Waals surface area contributed by atoms with Gasteiger partial charge in [-0.2, -0.15) is 0 Å². The minimum Gasteiger partial charge on any atom is -0.396 e. The summed E-state index contributed by atoms with van der Waals surface area (Å²) < 4.78 is 0. The van der Waals surface area contributed by atoms with Crippen LogP contribution in [0.3, 0.4) is 0 Å². The van der Waals surface area contributed by atoms with Gasteiger partial charge < -0.3 is 15.3 Å². The van der Waals surface area contributed by atoms with Gasteiger partial charge in [-0.05, 0) is 25.3 Å². The van der Waals surface area contributed by atoms with Gasteiger partial charge in [0.1, 0.15) is 0 Å². The van der Waals surface area contributed by atoms with Gasteiger partial charge in [0.15, 0.2) is 0 Å². The third-order valence-electron chi connectivity index (χ3n) is 4.37. The summed E-state index contributed by atoms with van der Waals surface area (Å²) in [5, 5.41) is 16.2. The number of oxime groups is 1. The molecule has 1 aliphatic heterocycles. The summed E-state index contributed by atoms with van der Waals surface area (Å²) >= 11 is 0. The molecule has 2 aliphatic rings. The molecule has 0 aromatic heterocycles. The number of hydrogen-bond donors (Lipinski definition) is 2. The molecule has 3 rings (SSSR count). The van der Waals surface area contributed by atoms with Crippen molar-refractivity contribution in [2.75, 3.05) is 13.2 Å². The van der Waals surface area contributed by atoms with Crippen molar-refractivity contribution in [1.82, 2.24) is 5.32 Å². The predicted octanol–water partition coefficient (Wildman–Crippen LogP) is 1.46. The Bertz CT molecular complexity index is 566. The molecule has 1 fully saturated rings. The summed E-state index contributed by atoms with van der Waals surface area (Å²) in [5.41, 5.74) is 0.698. The molecule has 0 radical (unpaired) electrons. The average molecular weight is 288 g/mol. The zero-order valence-electron chi connectivity index (χ0n) is 12.1. The van der Waals surface area contributed by atoms with E-state index in [0.29, 0.717) is 13.0 Å². The van der Waals surface area contributed by atoms with E-state index in [-0.39, 0.29) is 17.9 Å². The first-order valence-electron chi connectivity index (χ1n) is 7.27. The van der Waals surface area contributed by atoms with E-state index in [0.717, 1.165) is 24.1 Å². The minimum absolute atomic E-state index is 0.103. The monoisotopic (exact) mass is 288 g/mol. The number of amides is 1. The fraction of sp³-hybridized carbons (Fsp3) is 0.500. The van der Waals surface area contributed by atoms with Crippen LogP contribution in [0, 0.1) is 5.41 Å². The summed E-state index contributed by atoms with van der Waals surface area (Å²) in [7, 11) is 0. The smallest absolute Gasteiger partial charge is 0.267 e. The maximum Gasteiger partial charge on any atom is 0.267 e. The lowest BCUT2D eigenvalue weighted by atomic mass is 9.95. The molecule has 2 N–H and O–H groups in total. The first-order chi connectivity index (χ1) is 10.1. The van der Waals surface area contributed by atoms with Gasteiger partial charge in [-0.3, -0.25) is 4.79 Å². The largest absolute Gasteiger partial charge is 0.396 e. The molecule has 5 heteroatoms. The highest BCUT2D eigenvalue weighted by Crippen LogP contribution is 2.44. The Balaban J connectivity index is 1.60. The van der Waals surface area contributed by atoms with Crippen LogP contribution in [0.1, 0.15) is 31.7 Å². The van der Waals surface area contributed by atoms with E-state index < -0.39 is 5.60 Å². The number of carbonyl (C=O) groups excluding carboxylic acids is 1. The molecule has 112 valence electrons. The number of aliphatic hydroxyl groups is 1. The van der Waals surface area contributed by atoms with E-state index in [2.05, 4.69) is 10.5 Å². The second-order valence-corrected chi connectivity index (χ2v) is 6.24. The number of benzene rings is 1. The number of aliphatic hydroxyl groups excluding tert-OH is 1. The molecule has 1 heterocycles. The van der Waals surface area contributed by atoms with Gasteiger partial charge in [0.25, 0.3) is 5.91 Å². The highest BCUT2D eigenvalue weighted by atomic mass is 16.7. The highest BCUT2D eigenvalue weighted by Gasteiger charge is 2.46. The minimum atomic E-state index is -0.962. The van der Waals surface area contributed by atoms with Crippen LogP contribution in [0.2, 0.25) is 0 Å². The molecule has 1 saturated carbocycles. The van der Waals surface area contributed by atoms with Gasteiger partial charge in [0.2, 0.25) is 5.60 Å². The predicted molar refractivity (Wildman–Crippen MR) is 78.8 cm³/mol. The number of nitrogens with zero attached hydrogens (tertiary/aromatic N) is 1. The van der Waals surface area contributed by atoms with Crippen LogP contribution in [-0.4, -0.2) is 35.5 Å². The van der Waals surface area contributed by atoms with E-state index in [1.54, 1.807) is 6.92 Å². The molecule has 21 heavy (non-hydrogen) atoms. The normalized spacial score (nSPS) is 25.9. The van der Waals surface area contributed by atoms with Crippen molar-refractivity contribution in [3.63, 3.8) is 0 Å². The number of rotatable bonds is 5. The second kappa shape index (κ2) is 5.15. The van der Waals surface area contributed by atoms with Crippen LogP contribution in [0.4, 0.5) is 0 Å². The summed E-state index contributed by atoms with van der Waals surface area (Å²) in [6, 6.07) is 9.72. The van der Waals surface area contributed by atoms with E-state index in [9.17, 15) is 9.90 Å². The standard InChI is InChI=1S/C16H20N2O3/c1-15(14(20)17-10-16(11-19)7-8-16)9-13(18-21-15)12-5-3-2-4-6-12/h2-6,19H,7-11H2,1H3,(H,17,20). The van der Waals surface area contributed by atoms with Crippen molar-refractivity contribution in [2.24, 2.45) is 10.6 Å². The Kier molecular flexibility index (Phi) is 3.45. The van der Waals surface area contributed by atoms with E-state index >= 15 is 0 Å². The van der Waals surface area contributed by atoms with Crippen molar-refractivity contribution in [3.05, 3.63) is 35.9 Å².